The molecule has 0 radical (unpaired) electrons. The molecule has 0 saturated carbocycles. The van der Waals surface area contributed by atoms with Crippen LogP contribution in [0.1, 0.15) is 18.4 Å². The summed E-state index contributed by atoms with van der Waals surface area (Å²) in [5, 5.41) is 8.33. The van der Waals surface area contributed by atoms with Crippen molar-refractivity contribution in [3.8, 4) is 6.07 Å². The molecule has 1 aromatic rings. The summed E-state index contributed by atoms with van der Waals surface area (Å²) >= 11 is 4.19. The van der Waals surface area contributed by atoms with E-state index >= 15 is 0 Å². The van der Waals surface area contributed by atoms with E-state index < -0.39 is 0 Å². The Morgan fingerprint density at radius 3 is 2.50 bits per heavy atom. The van der Waals surface area contributed by atoms with Gasteiger partial charge >= 0.3 is 0 Å². The van der Waals surface area contributed by atoms with Crippen LogP contribution in [0, 0.1) is 11.3 Å². The maximum atomic E-state index is 8.33. The molecule has 0 aromatic heterocycles. The fraction of sp³-hybridized carbons (Fsp3) is 0.300. The van der Waals surface area contributed by atoms with Gasteiger partial charge in [0.15, 0.2) is 0 Å². The largest absolute Gasteiger partial charge is 0.198 e. The molecule has 0 N–H and O–H groups in total. The molecule has 0 spiro atoms. The molecule has 1 nitrogen and oxygen atoms in total. The van der Waals surface area contributed by atoms with Crippen LogP contribution in [-0.2, 0) is 6.42 Å². The summed E-state index contributed by atoms with van der Waals surface area (Å²) in [5.41, 5.74) is 1.28. The lowest BCUT2D eigenvalue weighted by atomic mass is 10.1. The normalized spacial score (nSPS) is 9.33. The Morgan fingerprint density at radius 1 is 1.25 bits per heavy atom. The van der Waals surface area contributed by atoms with Gasteiger partial charge in [-0.25, -0.2) is 0 Å². The number of nitriles is 1. The van der Waals surface area contributed by atoms with Gasteiger partial charge in [0.1, 0.15) is 0 Å². The summed E-state index contributed by atoms with van der Waals surface area (Å²) in [6.45, 7) is 0. The molecular formula is C10H11NS. The minimum absolute atomic E-state index is 0.641. The van der Waals surface area contributed by atoms with Crippen molar-refractivity contribution in [2.75, 3.05) is 0 Å². The molecule has 1 aromatic carbocycles. The van der Waals surface area contributed by atoms with Crippen LogP contribution in [0.5, 0.6) is 0 Å². The van der Waals surface area contributed by atoms with Crippen molar-refractivity contribution < 1.29 is 0 Å². The van der Waals surface area contributed by atoms with Crippen LogP contribution in [-0.4, -0.2) is 0 Å². The van der Waals surface area contributed by atoms with Gasteiger partial charge in [-0.1, -0.05) is 12.1 Å². The summed E-state index contributed by atoms with van der Waals surface area (Å²) in [4.78, 5) is 0.985. The molecule has 1 rings (SSSR count). The van der Waals surface area contributed by atoms with Gasteiger partial charge in [-0.2, -0.15) is 5.26 Å². The molecule has 0 fully saturated rings. The van der Waals surface area contributed by atoms with Gasteiger partial charge in [-0.05, 0) is 30.5 Å². The van der Waals surface area contributed by atoms with E-state index in [-0.39, 0.29) is 0 Å². The number of nitrogens with zero attached hydrogens (tertiary/aromatic N) is 1. The standard InChI is InChI=1S/C10H11NS/c11-8-2-1-3-9-4-6-10(12)7-5-9/h4-7,12H,1-3H2. The summed E-state index contributed by atoms with van der Waals surface area (Å²) in [6, 6.07) is 10.2. The third-order valence-corrected chi connectivity index (χ3v) is 1.99. The van der Waals surface area contributed by atoms with Crippen LogP contribution >= 0.6 is 12.6 Å². The van der Waals surface area contributed by atoms with E-state index in [4.69, 9.17) is 5.26 Å². The number of hydrogen-bond acceptors (Lipinski definition) is 2. The Kier molecular flexibility index (Phi) is 3.69. The summed E-state index contributed by atoms with van der Waals surface area (Å²) in [5.74, 6) is 0. The summed E-state index contributed by atoms with van der Waals surface area (Å²) < 4.78 is 0. The van der Waals surface area contributed by atoms with Crippen molar-refractivity contribution in [1.82, 2.24) is 0 Å². The van der Waals surface area contributed by atoms with Gasteiger partial charge < -0.3 is 0 Å². The van der Waals surface area contributed by atoms with Crippen molar-refractivity contribution in [3.05, 3.63) is 29.8 Å². The van der Waals surface area contributed by atoms with E-state index in [2.05, 4.69) is 30.8 Å². The molecule has 0 saturated heterocycles. The first-order valence-electron chi connectivity index (χ1n) is 3.98. The minimum atomic E-state index is 0.641. The molecule has 0 amide bonds. The topological polar surface area (TPSA) is 23.8 Å². The van der Waals surface area contributed by atoms with Gasteiger partial charge in [-0.3, -0.25) is 0 Å². The summed E-state index contributed by atoms with van der Waals surface area (Å²) in [7, 11) is 0. The fourth-order valence-electron chi connectivity index (χ4n) is 1.03. The average molecular weight is 177 g/mol. The highest BCUT2D eigenvalue weighted by Crippen LogP contribution is 2.09. The second kappa shape index (κ2) is 4.84. The molecule has 0 heterocycles. The van der Waals surface area contributed by atoms with Crippen LogP contribution < -0.4 is 0 Å². The third-order valence-electron chi connectivity index (χ3n) is 1.69. The van der Waals surface area contributed by atoms with Crippen molar-refractivity contribution >= 4 is 12.6 Å². The zero-order valence-electron chi connectivity index (χ0n) is 6.83. The molecule has 0 aliphatic carbocycles. The highest BCUT2D eigenvalue weighted by molar-refractivity contribution is 7.80. The highest BCUT2D eigenvalue weighted by atomic mass is 32.1. The van der Waals surface area contributed by atoms with Crippen LogP contribution in [0.2, 0.25) is 0 Å². The van der Waals surface area contributed by atoms with E-state index in [0.717, 1.165) is 17.7 Å². The van der Waals surface area contributed by atoms with Gasteiger partial charge in [-0.15, -0.1) is 12.6 Å². The van der Waals surface area contributed by atoms with Crippen LogP contribution in [0.15, 0.2) is 29.2 Å². The Bertz CT molecular complexity index is 271. The van der Waals surface area contributed by atoms with Crippen molar-refractivity contribution in [3.63, 3.8) is 0 Å². The molecule has 0 atom stereocenters. The zero-order valence-corrected chi connectivity index (χ0v) is 7.72. The first-order valence-corrected chi connectivity index (χ1v) is 4.42. The molecule has 0 aliphatic heterocycles. The smallest absolute Gasteiger partial charge is 0.0621 e. The maximum Gasteiger partial charge on any atom is 0.0621 e. The number of aryl methyl sites for hydroxylation is 1. The predicted molar refractivity (Wildman–Crippen MR) is 52.2 cm³/mol. The molecule has 0 aliphatic rings. The van der Waals surface area contributed by atoms with Crippen LogP contribution in [0.3, 0.4) is 0 Å². The monoisotopic (exact) mass is 177 g/mol. The van der Waals surface area contributed by atoms with E-state index in [9.17, 15) is 0 Å². The molecule has 12 heavy (non-hydrogen) atoms. The van der Waals surface area contributed by atoms with Crippen molar-refractivity contribution in [2.24, 2.45) is 0 Å². The van der Waals surface area contributed by atoms with Gasteiger partial charge in [0.2, 0.25) is 0 Å². The number of hydrogen-bond donors (Lipinski definition) is 1. The van der Waals surface area contributed by atoms with E-state index in [0.29, 0.717) is 6.42 Å². The lowest BCUT2D eigenvalue weighted by molar-refractivity contribution is 0.849. The average Bonchev–Trinajstić information content (AvgIpc) is 2.09. The molecule has 0 unspecified atom stereocenters. The van der Waals surface area contributed by atoms with E-state index in [1.54, 1.807) is 0 Å². The number of benzene rings is 1. The first kappa shape index (κ1) is 9.15. The number of thiol groups is 1. The lowest BCUT2D eigenvalue weighted by Gasteiger charge is -1.98. The zero-order chi connectivity index (χ0) is 8.81. The Labute approximate surface area is 78.4 Å². The van der Waals surface area contributed by atoms with E-state index in [1.807, 2.05) is 12.1 Å². The van der Waals surface area contributed by atoms with Crippen molar-refractivity contribution in [2.45, 2.75) is 24.2 Å². The number of rotatable bonds is 3. The van der Waals surface area contributed by atoms with E-state index in [1.165, 1.54) is 5.56 Å². The second-order valence-corrected chi connectivity index (χ2v) is 3.19. The Balaban J connectivity index is 2.43. The quantitative estimate of drug-likeness (QED) is 0.557. The van der Waals surface area contributed by atoms with Crippen LogP contribution in [0.4, 0.5) is 0 Å². The van der Waals surface area contributed by atoms with Gasteiger partial charge in [0.25, 0.3) is 0 Å². The Hall–Kier alpha value is -0.940. The lowest BCUT2D eigenvalue weighted by Crippen LogP contribution is -1.83. The Morgan fingerprint density at radius 2 is 1.92 bits per heavy atom. The summed E-state index contributed by atoms with van der Waals surface area (Å²) in [6.07, 6.45) is 2.58. The second-order valence-electron chi connectivity index (χ2n) is 2.68. The highest BCUT2D eigenvalue weighted by Gasteiger charge is 1.91. The SMILES string of the molecule is N#CCCCc1ccc(S)cc1. The first-order chi connectivity index (χ1) is 5.83. The van der Waals surface area contributed by atoms with Gasteiger partial charge in [0.05, 0.1) is 6.07 Å². The molecule has 2 heteroatoms. The predicted octanol–water partition coefficient (Wildman–Crippen LogP) is 2.82. The molecular weight excluding hydrogens is 166 g/mol. The van der Waals surface area contributed by atoms with Gasteiger partial charge in [0, 0.05) is 11.3 Å². The number of unbranched alkanes of at least 4 members (excludes halogenated alkanes) is 1. The van der Waals surface area contributed by atoms with Crippen molar-refractivity contribution in [1.29, 1.82) is 5.26 Å². The molecule has 0 bridgehead atoms. The maximum absolute atomic E-state index is 8.33. The van der Waals surface area contributed by atoms with Crippen LogP contribution in [0.25, 0.3) is 0 Å². The fourth-order valence-corrected chi connectivity index (χ4v) is 1.18. The third kappa shape index (κ3) is 2.98. The molecule has 62 valence electrons. The minimum Gasteiger partial charge on any atom is -0.198 e.